The lowest BCUT2D eigenvalue weighted by molar-refractivity contribution is 0.226. The van der Waals surface area contributed by atoms with Crippen molar-refractivity contribution in [1.82, 2.24) is 10.2 Å². The molecule has 4 heteroatoms. The van der Waals surface area contributed by atoms with Gasteiger partial charge >= 0.3 is 0 Å². The maximum Gasteiger partial charge on any atom is 0.160 e. The second-order valence-corrected chi connectivity index (χ2v) is 7.08. The Morgan fingerprint density at radius 2 is 1.77 bits per heavy atom. The predicted molar refractivity (Wildman–Crippen MR) is 93.0 cm³/mol. The van der Waals surface area contributed by atoms with E-state index in [-0.39, 0.29) is 5.41 Å². The van der Waals surface area contributed by atoms with Crippen molar-refractivity contribution in [2.75, 3.05) is 41.4 Å². The van der Waals surface area contributed by atoms with Crippen molar-refractivity contribution in [1.29, 1.82) is 0 Å². The van der Waals surface area contributed by atoms with E-state index in [1.807, 2.05) is 6.07 Å². The van der Waals surface area contributed by atoms with Crippen LogP contribution in [0.3, 0.4) is 0 Å². The largest absolute Gasteiger partial charge is 0.493 e. The molecule has 1 unspecified atom stereocenters. The van der Waals surface area contributed by atoms with Gasteiger partial charge in [-0.15, -0.1) is 0 Å². The van der Waals surface area contributed by atoms with Crippen molar-refractivity contribution in [3.8, 4) is 11.5 Å². The molecule has 0 bridgehead atoms. The van der Waals surface area contributed by atoms with E-state index in [1.54, 1.807) is 14.2 Å². The highest BCUT2D eigenvalue weighted by atomic mass is 16.5. The molecule has 0 saturated carbocycles. The summed E-state index contributed by atoms with van der Waals surface area (Å²) in [5, 5.41) is 3.64. The van der Waals surface area contributed by atoms with Crippen LogP contribution in [0, 0.1) is 5.41 Å². The van der Waals surface area contributed by atoms with Crippen molar-refractivity contribution in [3.05, 3.63) is 23.8 Å². The molecular weight excluding hydrogens is 276 g/mol. The molecule has 1 N–H and O–H groups in total. The van der Waals surface area contributed by atoms with Crippen LogP contribution in [0.1, 0.15) is 26.3 Å². The van der Waals surface area contributed by atoms with Gasteiger partial charge in [0.15, 0.2) is 11.5 Å². The van der Waals surface area contributed by atoms with Gasteiger partial charge in [0.25, 0.3) is 0 Å². The maximum atomic E-state index is 5.37. The minimum Gasteiger partial charge on any atom is -0.493 e. The molecule has 0 aliphatic rings. The summed E-state index contributed by atoms with van der Waals surface area (Å²) in [6.07, 6.45) is 0.971. The number of nitrogens with zero attached hydrogens (tertiary/aromatic N) is 1. The van der Waals surface area contributed by atoms with Gasteiger partial charge in [-0.05, 0) is 50.6 Å². The monoisotopic (exact) mass is 308 g/mol. The molecule has 0 spiro atoms. The summed E-state index contributed by atoms with van der Waals surface area (Å²) in [4.78, 5) is 2.24. The number of rotatable bonds is 9. The Balaban J connectivity index is 2.56. The number of nitrogens with one attached hydrogen (secondary N) is 1. The number of methoxy groups -OCH3 is 2. The first-order chi connectivity index (χ1) is 10.3. The average molecular weight is 308 g/mol. The third-order valence-corrected chi connectivity index (χ3v) is 3.66. The van der Waals surface area contributed by atoms with Crippen LogP contribution in [0.4, 0.5) is 0 Å². The average Bonchev–Trinajstić information content (AvgIpc) is 2.44. The fourth-order valence-corrected chi connectivity index (χ4v) is 2.80. The summed E-state index contributed by atoms with van der Waals surface area (Å²) in [5.41, 5.74) is 1.51. The van der Waals surface area contributed by atoms with Gasteiger partial charge in [0.05, 0.1) is 14.2 Å². The SMILES string of the molecule is COc1ccc(CC(C)NCC(C)(C)CN(C)C)cc1OC. The summed E-state index contributed by atoms with van der Waals surface area (Å²) >= 11 is 0. The Morgan fingerprint density at radius 1 is 1.14 bits per heavy atom. The van der Waals surface area contributed by atoms with Crippen LogP contribution in [-0.2, 0) is 6.42 Å². The zero-order valence-corrected chi connectivity index (χ0v) is 15.2. The highest BCUT2D eigenvalue weighted by Crippen LogP contribution is 2.28. The normalized spacial score (nSPS) is 13.3. The molecule has 0 radical (unpaired) electrons. The Labute approximate surface area is 135 Å². The highest BCUT2D eigenvalue weighted by molar-refractivity contribution is 5.43. The zero-order valence-electron chi connectivity index (χ0n) is 15.2. The van der Waals surface area contributed by atoms with Crippen molar-refractivity contribution in [3.63, 3.8) is 0 Å². The molecule has 22 heavy (non-hydrogen) atoms. The van der Waals surface area contributed by atoms with Crippen molar-refractivity contribution < 1.29 is 9.47 Å². The van der Waals surface area contributed by atoms with Gasteiger partial charge in [0, 0.05) is 19.1 Å². The second-order valence-electron chi connectivity index (χ2n) is 7.08. The van der Waals surface area contributed by atoms with Crippen LogP contribution in [0.5, 0.6) is 11.5 Å². The van der Waals surface area contributed by atoms with Crippen LogP contribution < -0.4 is 14.8 Å². The summed E-state index contributed by atoms with van der Waals surface area (Å²) < 4.78 is 10.6. The molecule has 0 aromatic heterocycles. The van der Waals surface area contributed by atoms with E-state index in [0.29, 0.717) is 6.04 Å². The lowest BCUT2D eigenvalue weighted by Crippen LogP contribution is -2.41. The molecule has 126 valence electrons. The number of benzene rings is 1. The van der Waals surface area contributed by atoms with E-state index in [1.165, 1.54) is 5.56 Å². The van der Waals surface area contributed by atoms with Crippen LogP contribution in [0.25, 0.3) is 0 Å². The minimum atomic E-state index is 0.259. The first-order valence-electron chi connectivity index (χ1n) is 7.86. The summed E-state index contributed by atoms with van der Waals surface area (Å²) in [6.45, 7) is 8.89. The Hall–Kier alpha value is -1.26. The molecule has 0 aliphatic carbocycles. The standard InChI is InChI=1S/C18H32N2O2/c1-14(19-12-18(2,3)13-20(4)5)10-15-8-9-16(21-6)17(11-15)22-7/h8-9,11,14,19H,10,12-13H2,1-7H3. The fourth-order valence-electron chi connectivity index (χ4n) is 2.80. The van der Waals surface area contributed by atoms with E-state index < -0.39 is 0 Å². The lowest BCUT2D eigenvalue weighted by Gasteiger charge is -2.30. The third kappa shape index (κ3) is 6.24. The summed E-state index contributed by atoms with van der Waals surface area (Å²) in [5.74, 6) is 1.57. The molecule has 0 aliphatic heterocycles. The number of hydrogen-bond donors (Lipinski definition) is 1. The molecule has 0 saturated heterocycles. The molecule has 0 fully saturated rings. The van der Waals surface area contributed by atoms with Gasteiger partial charge < -0.3 is 19.7 Å². The first-order valence-corrected chi connectivity index (χ1v) is 7.86. The third-order valence-electron chi connectivity index (χ3n) is 3.66. The second kappa shape index (κ2) is 8.39. The van der Waals surface area contributed by atoms with E-state index in [4.69, 9.17) is 9.47 Å². The molecule has 1 aromatic rings. The van der Waals surface area contributed by atoms with Crippen LogP contribution in [0.15, 0.2) is 18.2 Å². The van der Waals surface area contributed by atoms with Crippen molar-refractivity contribution in [2.45, 2.75) is 33.2 Å². The first kappa shape index (κ1) is 18.8. The van der Waals surface area contributed by atoms with Crippen LogP contribution in [0.2, 0.25) is 0 Å². The molecule has 1 atom stereocenters. The molecule has 1 rings (SSSR count). The lowest BCUT2D eigenvalue weighted by atomic mass is 9.92. The minimum absolute atomic E-state index is 0.259. The van der Waals surface area contributed by atoms with Crippen molar-refractivity contribution >= 4 is 0 Å². The zero-order chi connectivity index (χ0) is 16.8. The molecular formula is C18H32N2O2. The summed E-state index contributed by atoms with van der Waals surface area (Å²) in [7, 11) is 7.57. The number of hydrogen-bond acceptors (Lipinski definition) is 4. The van der Waals surface area contributed by atoms with Gasteiger partial charge in [-0.3, -0.25) is 0 Å². The Morgan fingerprint density at radius 3 is 2.32 bits per heavy atom. The van der Waals surface area contributed by atoms with Gasteiger partial charge in [-0.25, -0.2) is 0 Å². The van der Waals surface area contributed by atoms with Gasteiger partial charge in [-0.1, -0.05) is 19.9 Å². The van der Waals surface area contributed by atoms with Gasteiger partial charge in [0.1, 0.15) is 0 Å². The Bertz CT molecular complexity index is 458. The van der Waals surface area contributed by atoms with Crippen LogP contribution >= 0.6 is 0 Å². The predicted octanol–water partition coefficient (Wildman–Crippen LogP) is 2.81. The van der Waals surface area contributed by atoms with Crippen molar-refractivity contribution in [2.24, 2.45) is 5.41 Å². The number of ether oxygens (including phenoxy) is 2. The van der Waals surface area contributed by atoms with E-state index in [0.717, 1.165) is 31.0 Å². The molecule has 1 aromatic carbocycles. The Kier molecular flexibility index (Phi) is 7.17. The van der Waals surface area contributed by atoms with Gasteiger partial charge in [-0.2, -0.15) is 0 Å². The molecule has 4 nitrogen and oxygen atoms in total. The van der Waals surface area contributed by atoms with E-state index in [2.05, 4.69) is 57.2 Å². The van der Waals surface area contributed by atoms with Gasteiger partial charge in [0.2, 0.25) is 0 Å². The maximum absolute atomic E-state index is 5.37. The molecule has 0 heterocycles. The fraction of sp³-hybridized carbons (Fsp3) is 0.667. The van der Waals surface area contributed by atoms with E-state index >= 15 is 0 Å². The smallest absolute Gasteiger partial charge is 0.160 e. The topological polar surface area (TPSA) is 33.7 Å². The van der Waals surface area contributed by atoms with Crippen LogP contribution in [-0.4, -0.2) is 52.3 Å². The van der Waals surface area contributed by atoms with E-state index in [9.17, 15) is 0 Å². The quantitative estimate of drug-likeness (QED) is 0.760. The highest BCUT2D eigenvalue weighted by Gasteiger charge is 2.19. The summed E-state index contributed by atoms with van der Waals surface area (Å²) in [6, 6.07) is 6.54. The molecule has 0 amide bonds.